The molecule has 0 atom stereocenters. The van der Waals surface area contributed by atoms with Crippen molar-refractivity contribution in [3.05, 3.63) is 96.1 Å². The molecule has 0 bridgehead atoms. The third-order valence-electron chi connectivity index (χ3n) is 5.78. The Morgan fingerprint density at radius 2 is 1.80 bits per heavy atom. The van der Waals surface area contributed by atoms with E-state index in [2.05, 4.69) is 15.5 Å². The van der Waals surface area contributed by atoms with Crippen LogP contribution in [-0.4, -0.2) is 25.6 Å². The summed E-state index contributed by atoms with van der Waals surface area (Å²) in [4.78, 5) is 22.0. The fraction of sp³-hybridized carbons (Fsp3) is 0.111. The minimum Gasteiger partial charge on any atom is -0.347 e. The highest BCUT2D eigenvalue weighted by Gasteiger charge is 2.24. The summed E-state index contributed by atoms with van der Waals surface area (Å²) >= 11 is 0. The maximum atomic E-state index is 13.6. The van der Waals surface area contributed by atoms with Gasteiger partial charge in [0.25, 0.3) is 0 Å². The molecule has 0 radical (unpaired) electrons. The lowest BCUT2D eigenvalue weighted by molar-refractivity contribution is -0.115. The molecule has 3 heterocycles. The lowest BCUT2D eigenvalue weighted by Crippen LogP contribution is -2.14. The van der Waals surface area contributed by atoms with E-state index in [0.717, 1.165) is 17.0 Å². The molecule has 35 heavy (non-hydrogen) atoms. The maximum Gasteiger partial charge on any atom is 0.243 e. The summed E-state index contributed by atoms with van der Waals surface area (Å²) in [5.74, 6) is -0.177. The predicted octanol–water partition coefficient (Wildman–Crippen LogP) is 5.43. The minimum atomic E-state index is -0.368. The number of nitrogens with zero attached hydrogens (tertiary/aromatic N) is 4. The molecule has 1 amide bonds. The molecule has 8 heteroatoms. The summed E-state index contributed by atoms with van der Waals surface area (Å²) in [6.07, 6.45) is 1.81. The van der Waals surface area contributed by atoms with Crippen LogP contribution in [0.15, 0.2) is 83.5 Å². The summed E-state index contributed by atoms with van der Waals surface area (Å²) in [6, 6.07) is 21.1. The Kier molecular flexibility index (Phi) is 5.93. The van der Waals surface area contributed by atoms with Gasteiger partial charge in [0.15, 0.2) is 5.82 Å². The molecule has 3 aromatic heterocycles. The molecule has 0 unspecified atom stereocenters. The van der Waals surface area contributed by atoms with Crippen LogP contribution in [0.3, 0.4) is 0 Å². The second-order valence-corrected chi connectivity index (χ2v) is 8.14. The van der Waals surface area contributed by atoms with Crippen LogP contribution in [-0.2, 0) is 18.3 Å². The van der Waals surface area contributed by atoms with Gasteiger partial charge in [0.05, 0.1) is 17.8 Å². The molecule has 0 aliphatic carbocycles. The van der Waals surface area contributed by atoms with Gasteiger partial charge >= 0.3 is 0 Å². The molecule has 5 rings (SSSR count). The van der Waals surface area contributed by atoms with Crippen molar-refractivity contribution in [2.24, 2.45) is 7.05 Å². The topological polar surface area (TPSA) is 85.8 Å². The SMILES string of the molecule is Cc1ccc(-c2ccnc(-c3c(-c4ccc(F)cc4)noc3NC(=O)Cc3ccccc3)n2)n1C. The van der Waals surface area contributed by atoms with Crippen LogP contribution < -0.4 is 5.32 Å². The van der Waals surface area contributed by atoms with Crippen molar-refractivity contribution in [1.29, 1.82) is 0 Å². The highest BCUT2D eigenvalue weighted by atomic mass is 19.1. The summed E-state index contributed by atoms with van der Waals surface area (Å²) in [6.45, 7) is 2.01. The standard InChI is InChI=1S/C27H22FN5O2/c1-17-8-13-22(33(17)2)21-14-15-29-26(30-21)24-25(19-9-11-20(28)12-10-19)32-35-27(24)31-23(34)16-18-6-4-3-5-7-18/h3-15H,16H2,1-2H3,(H,31,34). The quantitative estimate of drug-likeness (QED) is 0.360. The zero-order chi connectivity index (χ0) is 24.4. The molecular weight excluding hydrogens is 445 g/mol. The Balaban J connectivity index is 1.57. The van der Waals surface area contributed by atoms with E-state index in [1.807, 2.05) is 67.1 Å². The molecule has 2 aromatic carbocycles. The zero-order valence-electron chi connectivity index (χ0n) is 19.2. The number of hydrogen-bond acceptors (Lipinski definition) is 5. The van der Waals surface area contributed by atoms with Crippen molar-refractivity contribution in [2.75, 3.05) is 5.32 Å². The Morgan fingerprint density at radius 1 is 1.03 bits per heavy atom. The Morgan fingerprint density at radius 3 is 2.51 bits per heavy atom. The number of amides is 1. The molecule has 0 aliphatic rings. The summed E-state index contributed by atoms with van der Waals surface area (Å²) in [5.41, 5.74) is 5.01. The van der Waals surface area contributed by atoms with E-state index in [4.69, 9.17) is 9.51 Å². The Labute approximate surface area is 201 Å². The van der Waals surface area contributed by atoms with E-state index in [0.29, 0.717) is 28.3 Å². The fourth-order valence-corrected chi connectivity index (χ4v) is 3.83. The van der Waals surface area contributed by atoms with Crippen LogP contribution in [0.5, 0.6) is 0 Å². The first-order chi connectivity index (χ1) is 17.0. The zero-order valence-corrected chi connectivity index (χ0v) is 19.2. The third-order valence-corrected chi connectivity index (χ3v) is 5.78. The molecule has 0 fully saturated rings. The maximum absolute atomic E-state index is 13.6. The van der Waals surface area contributed by atoms with Crippen LogP contribution in [0.2, 0.25) is 0 Å². The molecule has 0 aliphatic heterocycles. The number of rotatable bonds is 6. The van der Waals surface area contributed by atoms with Crippen LogP contribution in [0.4, 0.5) is 10.3 Å². The number of nitrogens with one attached hydrogen (secondary N) is 1. The molecular formula is C27H22FN5O2. The number of halogens is 1. The molecule has 174 valence electrons. The minimum absolute atomic E-state index is 0.130. The average molecular weight is 468 g/mol. The number of hydrogen-bond donors (Lipinski definition) is 1. The first-order valence-electron chi connectivity index (χ1n) is 11.0. The summed E-state index contributed by atoms with van der Waals surface area (Å²) < 4.78 is 21.1. The van der Waals surface area contributed by atoms with Crippen molar-refractivity contribution >= 4 is 11.8 Å². The summed E-state index contributed by atoms with van der Waals surface area (Å²) in [7, 11) is 1.96. The predicted molar refractivity (Wildman–Crippen MR) is 131 cm³/mol. The van der Waals surface area contributed by atoms with E-state index in [1.165, 1.54) is 12.1 Å². The first-order valence-corrected chi connectivity index (χ1v) is 11.0. The molecule has 0 spiro atoms. The smallest absolute Gasteiger partial charge is 0.243 e. The van der Waals surface area contributed by atoms with Gasteiger partial charge < -0.3 is 9.09 Å². The van der Waals surface area contributed by atoms with E-state index < -0.39 is 0 Å². The van der Waals surface area contributed by atoms with Crippen LogP contribution in [0, 0.1) is 12.7 Å². The first kappa shape index (κ1) is 22.2. The third kappa shape index (κ3) is 4.59. The average Bonchev–Trinajstić information content (AvgIpc) is 3.43. The molecule has 0 saturated heterocycles. The highest BCUT2D eigenvalue weighted by Crippen LogP contribution is 2.37. The highest BCUT2D eigenvalue weighted by molar-refractivity contribution is 5.97. The number of aryl methyl sites for hydroxylation is 1. The summed E-state index contributed by atoms with van der Waals surface area (Å²) in [5, 5.41) is 6.99. The molecule has 0 saturated carbocycles. The molecule has 1 N–H and O–H groups in total. The van der Waals surface area contributed by atoms with Crippen molar-refractivity contribution in [3.8, 4) is 34.0 Å². The number of carbonyl (C=O) groups is 1. The van der Waals surface area contributed by atoms with Gasteiger partial charge in [-0.3, -0.25) is 10.1 Å². The van der Waals surface area contributed by atoms with Gasteiger partial charge in [0.1, 0.15) is 17.1 Å². The van der Waals surface area contributed by atoms with E-state index in [-0.39, 0.29) is 24.0 Å². The van der Waals surface area contributed by atoms with Gasteiger partial charge in [-0.1, -0.05) is 35.5 Å². The molecule has 7 nitrogen and oxygen atoms in total. The Bertz CT molecular complexity index is 1490. The number of carbonyl (C=O) groups excluding carboxylic acids is 1. The van der Waals surface area contributed by atoms with E-state index in [9.17, 15) is 9.18 Å². The van der Waals surface area contributed by atoms with Gasteiger partial charge in [-0.25, -0.2) is 14.4 Å². The van der Waals surface area contributed by atoms with E-state index >= 15 is 0 Å². The van der Waals surface area contributed by atoms with Crippen molar-refractivity contribution in [3.63, 3.8) is 0 Å². The van der Waals surface area contributed by atoms with Crippen LogP contribution in [0.1, 0.15) is 11.3 Å². The fourth-order valence-electron chi connectivity index (χ4n) is 3.83. The largest absolute Gasteiger partial charge is 0.347 e. The lowest BCUT2D eigenvalue weighted by Gasteiger charge is -2.08. The van der Waals surface area contributed by atoms with Crippen molar-refractivity contribution in [1.82, 2.24) is 19.7 Å². The van der Waals surface area contributed by atoms with Crippen LogP contribution >= 0.6 is 0 Å². The van der Waals surface area contributed by atoms with Gasteiger partial charge in [0.2, 0.25) is 11.8 Å². The Hall–Kier alpha value is -4.59. The number of benzene rings is 2. The lowest BCUT2D eigenvalue weighted by atomic mass is 10.1. The number of aromatic nitrogens is 4. The van der Waals surface area contributed by atoms with Gasteiger partial charge in [-0.05, 0) is 55.0 Å². The second-order valence-electron chi connectivity index (χ2n) is 8.14. The number of anilines is 1. The van der Waals surface area contributed by atoms with Crippen molar-refractivity contribution < 1.29 is 13.7 Å². The van der Waals surface area contributed by atoms with Crippen molar-refractivity contribution in [2.45, 2.75) is 13.3 Å². The van der Waals surface area contributed by atoms with Crippen LogP contribution in [0.25, 0.3) is 34.0 Å². The monoisotopic (exact) mass is 467 g/mol. The van der Waals surface area contributed by atoms with Gasteiger partial charge in [-0.2, -0.15) is 0 Å². The van der Waals surface area contributed by atoms with Gasteiger partial charge in [-0.15, -0.1) is 0 Å². The van der Waals surface area contributed by atoms with E-state index in [1.54, 1.807) is 18.3 Å². The normalized spacial score (nSPS) is 10.9. The molecule has 5 aromatic rings. The second kappa shape index (κ2) is 9.34. The van der Waals surface area contributed by atoms with Gasteiger partial charge in [0, 0.05) is 24.5 Å².